The Morgan fingerprint density at radius 1 is 1.50 bits per heavy atom. The lowest BCUT2D eigenvalue weighted by Gasteiger charge is -2.13. The molecule has 0 spiro atoms. The molecule has 1 aromatic carbocycles. The highest BCUT2D eigenvalue weighted by molar-refractivity contribution is 5.43. The van der Waals surface area contributed by atoms with Gasteiger partial charge >= 0.3 is 0 Å². The van der Waals surface area contributed by atoms with E-state index in [0.717, 1.165) is 37.2 Å². The van der Waals surface area contributed by atoms with Crippen molar-refractivity contribution in [2.24, 2.45) is 0 Å². The fraction of sp³-hybridized carbons (Fsp3) is 0.500. The van der Waals surface area contributed by atoms with Crippen LogP contribution >= 0.6 is 0 Å². The standard InChI is InChI=1S/C12H16O2/c1-2-9-5-3-6-10-11(13)7-4-8-14-12(9)10/h3,5-6,11,13H,2,4,7-8H2,1H3. The van der Waals surface area contributed by atoms with Gasteiger partial charge in [-0.05, 0) is 24.8 Å². The average Bonchev–Trinajstić information content (AvgIpc) is 2.41. The number of aryl methyl sites for hydroxylation is 1. The third-order valence-electron chi connectivity index (χ3n) is 2.74. The summed E-state index contributed by atoms with van der Waals surface area (Å²) in [6.45, 7) is 2.83. The van der Waals surface area contributed by atoms with Crippen LogP contribution in [0.3, 0.4) is 0 Å². The van der Waals surface area contributed by atoms with Crippen LogP contribution in [0.15, 0.2) is 18.2 Å². The van der Waals surface area contributed by atoms with Gasteiger partial charge in [0.2, 0.25) is 0 Å². The number of hydrogen-bond acceptors (Lipinski definition) is 2. The van der Waals surface area contributed by atoms with Gasteiger partial charge in [-0.25, -0.2) is 0 Å². The van der Waals surface area contributed by atoms with Gasteiger partial charge in [-0.15, -0.1) is 0 Å². The molecule has 0 saturated carbocycles. The molecule has 1 N–H and O–H groups in total. The first kappa shape index (κ1) is 9.53. The molecule has 0 aromatic heterocycles. The van der Waals surface area contributed by atoms with E-state index in [2.05, 4.69) is 13.0 Å². The zero-order valence-corrected chi connectivity index (χ0v) is 8.49. The SMILES string of the molecule is CCc1cccc2c1OCCCC2O. The van der Waals surface area contributed by atoms with Gasteiger partial charge in [0.05, 0.1) is 12.7 Å². The van der Waals surface area contributed by atoms with E-state index < -0.39 is 0 Å². The molecule has 0 aliphatic carbocycles. The summed E-state index contributed by atoms with van der Waals surface area (Å²) in [4.78, 5) is 0. The Labute approximate surface area is 84.5 Å². The zero-order chi connectivity index (χ0) is 9.97. The second kappa shape index (κ2) is 4.01. The van der Waals surface area contributed by atoms with Gasteiger partial charge in [0, 0.05) is 5.56 Å². The summed E-state index contributed by atoms with van der Waals surface area (Å²) in [5.41, 5.74) is 2.16. The molecule has 2 rings (SSSR count). The maximum atomic E-state index is 9.88. The Morgan fingerprint density at radius 2 is 2.36 bits per heavy atom. The van der Waals surface area contributed by atoms with Gasteiger partial charge in [-0.3, -0.25) is 0 Å². The lowest BCUT2D eigenvalue weighted by Crippen LogP contribution is -1.99. The van der Waals surface area contributed by atoms with Gasteiger partial charge < -0.3 is 9.84 Å². The van der Waals surface area contributed by atoms with Crippen LogP contribution in [0.1, 0.15) is 37.0 Å². The van der Waals surface area contributed by atoms with Gasteiger partial charge in [-0.2, -0.15) is 0 Å². The van der Waals surface area contributed by atoms with Crippen LogP contribution in [0.25, 0.3) is 0 Å². The van der Waals surface area contributed by atoms with Crippen LogP contribution in [-0.4, -0.2) is 11.7 Å². The maximum absolute atomic E-state index is 9.88. The normalized spacial score (nSPS) is 20.9. The first-order valence-electron chi connectivity index (χ1n) is 5.25. The van der Waals surface area contributed by atoms with Crippen LogP contribution in [-0.2, 0) is 6.42 Å². The summed E-state index contributed by atoms with van der Waals surface area (Å²) >= 11 is 0. The quantitative estimate of drug-likeness (QED) is 0.740. The molecule has 2 nitrogen and oxygen atoms in total. The van der Waals surface area contributed by atoms with Gasteiger partial charge in [-0.1, -0.05) is 25.1 Å². The van der Waals surface area contributed by atoms with Crippen LogP contribution in [0, 0.1) is 0 Å². The van der Waals surface area contributed by atoms with Gasteiger partial charge in [0.1, 0.15) is 5.75 Å². The van der Waals surface area contributed by atoms with Gasteiger partial charge in [0.15, 0.2) is 0 Å². The van der Waals surface area contributed by atoms with E-state index in [1.54, 1.807) is 0 Å². The number of ether oxygens (including phenoxy) is 1. The number of hydrogen-bond donors (Lipinski definition) is 1. The minimum absolute atomic E-state index is 0.348. The van der Waals surface area contributed by atoms with Crippen LogP contribution in [0.2, 0.25) is 0 Å². The number of aliphatic hydroxyl groups excluding tert-OH is 1. The zero-order valence-electron chi connectivity index (χ0n) is 8.49. The predicted octanol–water partition coefficient (Wildman–Crippen LogP) is 2.46. The van der Waals surface area contributed by atoms with Crippen molar-refractivity contribution in [2.45, 2.75) is 32.3 Å². The van der Waals surface area contributed by atoms with Crippen molar-refractivity contribution >= 4 is 0 Å². The summed E-state index contributed by atoms with van der Waals surface area (Å²) < 4.78 is 5.68. The highest BCUT2D eigenvalue weighted by Gasteiger charge is 2.18. The van der Waals surface area contributed by atoms with E-state index in [0.29, 0.717) is 0 Å². The molecule has 0 saturated heterocycles. The molecule has 1 aliphatic heterocycles. The monoisotopic (exact) mass is 192 g/mol. The van der Waals surface area contributed by atoms with E-state index in [1.807, 2.05) is 12.1 Å². The molecule has 2 heteroatoms. The van der Waals surface area contributed by atoms with Crippen molar-refractivity contribution < 1.29 is 9.84 Å². The molecule has 1 aliphatic rings. The van der Waals surface area contributed by atoms with Crippen molar-refractivity contribution in [3.05, 3.63) is 29.3 Å². The van der Waals surface area contributed by atoms with Crippen molar-refractivity contribution in [1.29, 1.82) is 0 Å². The number of rotatable bonds is 1. The van der Waals surface area contributed by atoms with E-state index in [-0.39, 0.29) is 6.10 Å². The molecule has 1 aromatic rings. The highest BCUT2D eigenvalue weighted by atomic mass is 16.5. The number of fused-ring (bicyclic) bond motifs is 1. The smallest absolute Gasteiger partial charge is 0.128 e. The topological polar surface area (TPSA) is 29.5 Å². The molecule has 0 fully saturated rings. The maximum Gasteiger partial charge on any atom is 0.128 e. The van der Waals surface area contributed by atoms with E-state index >= 15 is 0 Å². The third-order valence-corrected chi connectivity index (χ3v) is 2.74. The Balaban J connectivity index is 2.46. The Bertz CT molecular complexity index is 320. The highest BCUT2D eigenvalue weighted by Crippen LogP contribution is 2.34. The molecule has 0 amide bonds. The molecule has 1 unspecified atom stereocenters. The van der Waals surface area contributed by atoms with Crippen molar-refractivity contribution in [3.63, 3.8) is 0 Å². The Morgan fingerprint density at radius 3 is 3.14 bits per heavy atom. The molecule has 1 heterocycles. The van der Waals surface area contributed by atoms with E-state index in [1.165, 1.54) is 5.56 Å². The van der Waals surface area contributed by atoms with Crippen molar-refractivity contribution in [3.8, 4) is 5.75 Å². The van der Waals surface area contributed by atoms with Gasteiger partial charge in [0.25, 0.3) is 0 Å². The first-order chi connectivity index (χ1) is 6.83. The molecule has 14 heavy (non-hydrogen) atoms. The second-order valence-electron chi connectivity index (χ2n) is 3.70. The number of aliphatic hydroxyl groups is 1. The predicted molar refractivity (Wildman–Crippen MR) is 55.5 cm³/mol. The summed E-state index contributed by atoms with van der Waals surface area (Å²) in [5.74, 6) is 0.917. The number of para-hydroxylation sites is 1. The summed E-state index contributed by atoms with van der Waals surface area (Å²) in [7, 11) is 0. The molecule has 1 atom stereocenters. The third kappa shape index (κ3) is 1.62. The second-order valence-corrected chi connectivity index (χ2v) is 3.70. The fourth-order valence-electron chi connectivity index (χ4n) is 1.93. The summed E-state index contributed by atoms with van der Waals surface area (Å²) in [5, 5.41) is 9.88. The molecule has 76 valence electrons. The molecule has 0 bridgehead atoms. The van der Waals surface area contributed by atoms with Crippen LogP contribution in [0.4, 0.5) is 0 Å². The fourth-order valence-corrected chi connectivity index (χ4v) is 1.93. The Kier molecular flexibility index (Phi) is 2.73. The first-order valence-corrected chi connectivity index (χ1v) is 5.25. The summed E-state index contributed by atoms with van der Waals surface area (Å²) in [6.07, 6.45) is 2.34. The molecular weight excluding hydrogens is 176 g/mol. The van der Waals surface area contributed by atoms with E-state index in [4.69, 9.17) is 4.74 Å². The van der Waals surface area contributed by atoms with E-state index in [9.17, 15) is 5.11 Å². The molecular formula is C12H16O2. The minimum atomic E-state index is -0.348. The lowest BCUT2D eigenvalue weighted by atomic mass is 10.0. The summed E-state index contributed by atoms with van der Waals surface area (Å²) in [6, 6.07) is 6.02. The van der Waals surface area contributed by atoms with Crippen molar-refractivity contribution in [2.75, 3.05) is 6.61 Å². The Hall–Kier alpha value is -1.02. The molecule has 0 radical (unpaired) electrons. The van der Waals surface area contributed by atoms with Crippen LogP contribution in [0.5, 0.6) is 5.75 Å². The van der Waals surface area contributed by atoms with Crippen LogP contribution < -0.4 is 4.74 Å². The number of benzene rings is 1. The minimum Gasteiger partial charge on any atom is -0.493 e. The average molecular weight is 192 g/mol. The largest absolute Gasteiger partial charge is 0.493 e. The van der Waals surface area contributed by atoms with Crippen molar-refractivity contribution in [1.82, 2.24) is 0 Å². The lowest BCUT2D eigenvalue weighted by molar-refractivity contribution is 0.167.